The van der Waals surface area contributed by atoms with Crippen LogP contribution in [-0.4, -0.2) is 42.6 Å². The van der Waals surface area contributed by atoms with Crippen LogP contribution in [0.15, 0.2) is 22.0 Å². The second-order valence-electron chi connectivity index (χ2n) is 5.03. The lowest BCUT2D eigenvalue weighted by molar-refractivity contribution is 0.0701. The van der Waals surface area contributed by atoms with Crippen LogP contribution in [0.25, 0.3) is 0 Å². The molecule has 3 rings (SSSR count). The summed E-state index contributed by atoms with van der Waals surface area (Å²) in [6, 6.07) is 3.66. The minimum atomic E-state index is -0.747. The summed E-state index contributed by atoms with van der Waals surface area (Å²) >= 11 is 1.57. The molecule has 6 heteroatoms. The van der Waals surface area contributed by atoms with E-state index in [0.29, 0.717) is 23.5 Å². The number of nitrogens with zero attached hydrogens (tertiary/aromatic N) is 2. The molecular weight excluding hydrogens is 274 g/mol. The summed E-state index contributed by atoms with van der Waals surface area (Å²) in [7, 11) is 1.61. The molecule has 2 N–H and O–H groups in total. The number of carbonyl (C=O) groups excluding carboxylic acids is 1. The number of amides is 1. The highest BCUT2D eigenvalue weighted by Gasteiger charge is 2.41. The molecule has 1 unspecified atom stereocenters. The molecule has 0 spiro atoms. The molecule has 0 radical (unpaired) electrons. The average Bonchev–Trinajstić information content (AvgIpc) is 2.81. The lowest BCUT2D eigenvalue weighted by Crippen LogP contribution is -2.54. The predicted molar refractivity (Wildman–Crippen MR) is 80.1 cm³/mol. The van der Waals surface area contributed by atoms with E-state index in [1.807, 2.05) is 12.3 Å². The molecule has 5 nitrogen and oxygen atoms in total. The van der Waals surface area contributed by atoms with Crippen molar-refractivity contribution >= 4 is 29.6 Å². The van der Waals surface area contributed by atoms with Gasteiger partial charge in [0, 0.05) is 12.8 Å². The molecule has 0 aliphatic carbocycles. The van der Waals surface area contributed by atoms with Crippen molar-refractivity contribution in [2.45, 2.75) is 23.4 Å². The molecule has 0 saturated carbocycles. The van der Waals surface area contributed by atoms with Gasteiger partial charge in [-0.15, -0.1) is 11.8 Å². The van der Waals surface area contributed by atoms with E-state index >= 15 is 0 Å². The molecule has 20 heavy (non-hydrogen) atoms. The lowest BCUT2D eigenvalue weighted by Gasteiger charge is -2.30. The molecule has 106 valence electrons. The molecule has 1 aromatic rings. The number of hydrogen-bond donors (Lipinski definition) is 1. The number of rotatable bonds is 2. The van der Waals surface area contributed by atoms with E-state index in [-0.39, 0.29) is 5.91 Å². The van der Waals surface area contributed by atoms with E-state index < -0.39 is 5.66 Å². The number of thioether (sulfide) groups is 1. The Morgan fingerprint density at radius 1 is 1.50 bits per heavy atom. The Hall–Kier alpha value is -1.53. The van der Waals surface area contributed by atoms with Gasteiger partial charge >= 0.3 is 0 Å². The predicted octanol–water partition coefficient (Wildman–Crippen LogP) is 2.02. The summed E-state index contributed by atoms with van der Waals surface area (Å²) in [5, 5.41) is 0. The normalized spacial score (nSPS) is 24.4. The van der Waals surface area contributed by atoms with Crippen LogP contribution in [-0.2, 0) is 0 Å². The third-order valence-electron chi connectivity index (χ3n) is 3.87. The minimum Gasteiger partial charge on any atom is -0.496 e. The quantitative estimate of drug-likeness (QED) is 0.847. The van der Waals surface area contributed by atoms with Gasteiger partial charge in [0.15, 0.2) is 0 Å². The number of fused-ring (bicyclic) bond motifs is 2. The number of methoxy groups -OCH3 is 1. The maximum Gasteiger partial charge on any atom is 0.257 e. The summed E-state index contributed by atoms with van der Waals surface area (Å²) in [5.41, 5.74) is 6.77. The van der Waals surface area contributed by atoms with Gasteiger partial charge in [0.1, 0.15) is 11.4 Å². The molecule has 1 atom stereocenters. The van der Waals surface area contributed by atoms with Gasteiger partial charge in [0.2, 0.25) is 0 Å². The maximum atomic E-state index is 12.7. The van der Waals surface area contributed by atoms with Crippen LogP contribution in [0.4, 0.5) is 5.69 Å². The van der Waals surface area contributed by atoms with Crippen LogP contribution < -0.4 is 10.5 Å². The number of nitrogens with two attached hydrogens (primary N) is 1. The molecule has 1 amide bonds. The second kappa shape index (κ2) is 4.79. The molecule has 2 aliphatic heterocycles. The van der Waals surface area contributed by atoms with Crippen LogP contribution in [0.2, 0.25) is 0 Å². The van der Waals surface area contributed by atoms with Crippen molar-refractivity contribution in [3.8, 4) is 5.75 Å². The van der Waals surface area contributed by atoms with E-state index in [2.05, 4.69) is 4.99 Å². The van der Waals surface area contributed by atoms with Gasteiger partial charge in [0.25, 0.3) is 5.91 Å². The van der Waals surface area contributed by atoms with Gasteiger partial charge in [0.05, 0.1) is 23.3 Å². The first-order chi connectivity index (χ1) is 9.59. The van der Waals surface area contributed by atoms with Crippen LogP contribution in [0.1, 0.15) is 23.2 Å². The standard InChI is InChI=1S/C14H17N3O2S/c1-19-11-6-9-10(7-12(11)20-2)16-8-14(15)4-3-5-17(14)13(9)18/h6-8H,3-5,15H2,1-2H3. The molecule has 0 aromatic heterocycles. The summed E-state index contributed by atoms with van der Waals surface area (Å²) in [6.07, 6.45) is 5.34. The fraction of sp³-hybridized carbons (Fsp3) is 0.429. The number of benzene rings is 1. The zero-order valence-corrected chi connectivity index (χ0v) is 12.4. The van der Waals surface area contributed by atoms with E-state index in [0.717, 1.165) is 17.7 Å². The van der Waals surface area contributed by atoms with Crippen LogP contribution in [0.5, 0.6) is 5.75 Å². The van der Waals surface area contributed by atoms with Gasteiger partial charge in [-0.25, -0.2) is 0 Å². The van der Waals surface area contributed by atoms with Gasteiger partial charge in [-0.1, -0.05) is 0 Å². The first-order valence-electron chi connectivity index (χ1n) is 6.51. The SMILES string of the molecule is COc1cc2c(cc1SC)N=CC1(N)CCCN1C2=O. The highest BCUT2D eigenvalue weighted by atomic mass is 32.2. The smallest absolute Gasteiger partial charge is 0.257 e. The summed E-state index contributed by atoms with van der Waals surface area (Å²) in [5.74, 6) is 0.631. The first-order valence-corrected chi connectivity index (χ1v) is 7.73. The van der Waals surface area contributed by atoms with Crippen molar-refractivity contribution in [1.29, 1.82) is 0 Å². The Morgan fingerprint density at radius 3 is 3.00 bits per heavy atom. The molecule has 1 fully saturated rings. The number of hydrogen-bond acceptors (Lipinski definition) is 5. The Morgan fingerprint density at radius 2 is 2.30 bits per heavy atom. The Kier molecular flexibility index (Phi) is 3.22. The van der Waals surface area contributed by atoms with Crippen molar-refractivity contribution in [2.24, 2.45) is 10.7 Å². The number of ether oxygens (including phenoxy) is 1. The Bertz CT molecular complexity index is 602. The molecule has 2 heterocycles. The van der Waals surface area contributed by atoms with Crippen LogP contribution in [0, 0.1) is 0 Å². The summed E-state index contributed by atoms with van der Waals surface area (Å²) in [4.78, 5) is 19.8. The zero-order valence-electron chi connectivity index (χ0n) is 11.5. The van der Waals surface area contributed by atoms with Crippen LogP contribution >= 0.6 is 11.8 Å². The fourth-order valence-corrected chi connectivity index (χ4v) is 3.33. The van der Waals surface area contributed by atoms with E-state index in [9.17, 15) is 4.79 Å². The maximum absolute atomic E-state index is 12.7. The Balaban J connectivity index is 2.15. The van der Waals surface area contributed by atoms with Crippen molar-refractivity contribution in [3.63, 3.8) is 0 Å². The second-order valence-corrected chi connectivity index (χ2v) is 5.88. The summed E-state index contributed by atoms with van der Waals surface area (Å²) in [6.45, 7) is 0.674. The molecular formula is C14H17N3O2S. The number of carbonyl (C=O) groups is 1. The van der Waals surface area contributed by atoms with Gasteiger partial charge in [-0.05, 0) is 31.2 Å². The van der Waals surface area contributed by atoms with Crippen molar-refractivity contribution in [2.75, 3.05) is 19.9 Å². The molecule has 0 bridgehead atoms. The van der Waals surface area contributed by atoms with Gasteiger partial charge in [-0.3, -0.25) is 9.79 Å². The monoisotopic (exact) mass is 291 g/mol. The minimum absolute atomic E-state index is 0.0662. The summed E-state index contributed by atoms with van der Waals surface area (Å²) < 4.78 is 5.35. The highest BCUT2D eigenvalue weighted by Crippen LogP contribution is 2.38. The zero-order chi connectivity index (χ0) is 14.3. The topological polar surface area (TPSA) is 67.9 Å². The van der Waals surface area contributed by atoms with E-state index in [4.69, 9.17) is 10.5 Å². The van der Waals surface area contributed by atoms with Crippen molar-refractivity contribution in [1.82, 2.24) is 4.90 Å². The first kappa shape index (κ1) is 13.5. The van der Waals surface area contributed by atoms with Gasteiger partial charge in [-0.2, -0.15) is 0 Å². The van der Waals surface area contributed by atoms with E-state index in [1.54, 1.807) is 36.1 Å². The average molecular weight is 291 g/mol. The van der Waals surface area contributed by atoms with E-state index in [1.165, 1.54) is 0 Å². The lowest BCUT2D eigenvalue weighted by atomic mass is 10.1. The molecule has 1 saturated heterocycles. The van der Waals surface area contributed by atoms with Crippen molar-refractivity contribution < 1.29 is 9.53 Å². The van der Waals surface area contributed by atoms with Gasteiger partial charge < -0.3 is 15.4 Å². The number of aliphatic imine (C=N–C) groups is 1. The molecule has 2 aliphatic rings. The third kappa shape index (κ3) is 1.91. The third-order valence-corrected chi connectivity index (χ3v) is 4.63. The highest BCUT2D eigenvalue weighted by molar-refractivity contribution is 7.98. The van der Waals surface area contributed by atoms with Crippen molar-refractivity contribution in [3.05, 3.63) is 17.7 Å². The fourth-order valence-electron chi connectivity index (χ4n) is 2.76. The van der Waals surface area contributed by atoms with Crippen LogP contribution in [0.3, 0.4) is 0 Å². The Labute approximate surface area is 122 Å². The largest absolute Gasteiger partial charge is 0.496 e. The molecule has 1 aromatic carbocycles.